The molecule has 2 aliphatic rings. The van der Waals surface area contributed by atoms with Crippen molar-refractivity contribution in [2.24, 2.45) is 0 Å². The molecule has 2 aromatic heterocycles. The highest BCUT2D eigenvalue weighted by Gasteiger charge is 2.15. The monoisotopic (exact) mass is 325 g/mol. The van der Waals surface area contributed by atoms with Gasteiger partial charge in [-0.25, -0.2) is 4.98 Å². The third-order valence-corrected chi connectivity index (χ3v) is 4.66. The van der Waals surface area contributed by atoms with Crippen molar-refractivity contribution >= 4 is 5.82 Å². The fourth-order valence-corrected chi connectivity index (χ4v) is 3.28. The van der Waals surface area contributed by atoms with E-state index in [4.69, 9.17) is 9.47 Å². The molecule has 4 heterocycles. The van der Waals surface area contributed by atoms with Crippen LogP contribution in [0.15, 0.2) is 30.7 Å². The molecule has 5 nitrogen and oxygen atoms in total. The molecule has 2 aromatic rings. The van der Waals surface area contributed by atoms with E-state index in [9.17, 15) is 0 Å². The van der Waals surface area contributed by atoms with Crippen molar-refractivity contribution in [3.05, 3.63) is 41.9 Å². The molecule has 24 heavy (non-hydrogen) atoms. The minimum atomic E-state index is 0.305. The summed E-state index contributed by atoms with van der Waals surface area (Å²) in [6, 6.07) is 4.39. The van der Waals surface area contributed by atoms with Crippen LogP contribution in [0.3, 0.4) is 0 Å². The summed E-state index contributed by atoms with van der Waals surface area (Å²) >= 11 is 0. The zero-order valence-electron chi connectivity index (χ0n) is 13.8. The lowest BCUT2D eigenvalue weighted by molar-refractivity contribution is -0.0391. The average Bonchev–Trinajstić information content (AvgIpc) is 2.67. The first-order chi connectivity index (χ1) is 11.9. The van der Waals surface area contributed by atoms with Crippen LogP contribution in [0.4, 0.5) is 5.82 Å². The summed E-state index contributed by atoms with van der Waals surface area (Å²) in [4.78, 5) is 8.95. The molecule has 1 saturated heterocycles. The van der Waals surface area contributed by atoms with E-state index in [2.05, 4.69) is 27.4 Å². The Hall–Kier alpha value is -1.98. The standard InChI is InChI=1S/C19H23N3O2/c1-2-15-9-17(12-22-19(15)21-5-1)16-8-14(10-20-11-16)13-24-18-3-6-23-7-4-18/h8-12,18H,1-7,13H2,(H,21,22). The normalized spacial score (nSPS) is 18.0. The molecule has 0 amide bonds. The SMILES string of the molecule is c1ncc(-c2cnc3c(c2)CCCN3)cc1COC1CCOCC1. The Morgan fingerprint density at radius 3 is 2.92 bits per heavy atom. The second-order valence-electron chi connectivity index (χ2n) is 6.47. The van der Waals surface area contributed by atoms with Crippen molar-refractivity contribution in [2.75, 3.05) is 25.1 Å². The number of aromatic nitrogens is 2. The van der Waals surface area contributed by atoms with Gasteiger partial charge in [0.15, 0.2) is 0 Å². The highest BCUT2D eigenvalue weighted by Crippen LogP contribution is 2.26. The lowest BCUT2D eigenvalue weighted by atomic mass is 10.0. The van der Waals surface area contributed by atoms with Crippen LogP contribution in [0, 0.1) is 0 Å². The van der Waals surface area contributed by atoms with Crippen molar-refractivity contribution in [1.29, 1.82) is 0 Å². The summed E-state index contributed by atoms with van der Waals surface area (Å²) < 4.78 is 11.4. The van der Waals surface area contributed by atoms with Gasteiger partial charge in [0.25, 0.3) is 0 Å². The predicted octanol–water partition coefficient (Wildman–Crippen LogP) is 3.20. The molecule has 0 aromatic carbocycles. The first kappa shape index (κ1) is 15.5. The number of aryl methyl sites for hydroxylation is 1. The minimum Gasteiger partial charge on any atom is -0.381 e. The number of anilines is 1. The summed E-state index contributed by atoms with van der Waals surface area (Å²) in [5.41, 5.74) is 4.62. The quantitative estimate of drug-likeness (QED) is 0.935. The Kier molecular flexibility index (Phi) is 4.71. The Labute approximate surface area is 142 Å². The Morgan fingerprint density at radius 2 is 2.00 bits per heavy atom. The summed E-state index contributed by atoms with van der Waals surface area (Å²) in [5.74, 6) is 1.02. The molecule has 0 bridgehead atoms. The Balaban J connectivity index is 1.47. The van der Waals surface area contributed by atoms with E-state index in [0.29, 0.717) is 12.7 Å². The maximum absolute atomic E-state index is 6.00. The van der Waals surface area contributed by atoms with Crippen LogP contribution in [-0.4, -0.2) is 35.8 Å². The maximum atomic E-state index is 6.00. The van der Waals surface area contributed by atoms with Gasteiger partial charge in [-0.05, 0) is 48.9 Å². The van der Waals surface area contributed by atoms with Gasteiger partial charge in [0.1, 0.15) is 5.82 Å². The zero-order chi connectivity index (χ0) is 16.2. The first-order valence-corrected chi connectivity index (χ1v) is 8.75. The summed E-state index contributed by atoms with van der Waals surface area (Å²) in [7, 11) is 0. The predicted molar refractivity (Wildman–Crippen MR) is 92.9 cm³/mol. The van der Waals surface area contributed by atoms with Gasteiger partial charge in [-0.1, -0.05) is 0 Å². The van der Waals surface area contributed by atoms with E-state index in [1.165, 1.54) is 5.56 Å². The third kappa shape index (κ3) is 3.57. The highest BCUT2D eigenvalue weighted by molar-refractivity contribution is 5.66. The molecule has 0 unspecified atom stereocenters. The number of hydrogen-bond acceptors (Lipinski definition) is 5. The molecule has 4 rings (SSSR count). The lowest BCUT2D eigenvalue weighted by Crippen LogP contribution is -2.23. The van der Waals surface area contributed by atoms with E-state index in [1.54, 1.807) is 0 Å². The molecular formula is C19H23N3O2. The van der Waals surface area contributed by atoms with Crippen molar-refractivity contribution in [2.45, 2.75) is 38.4 Å². The van der Waals surface area contributed by atoms with Gasteiger partial charge in [0.05, 0.1) is 12.7 Å². The second kappa shape index (κ2) is 7.28. The van der Waals surface area contributed by atoms with Crippen LogP contribution < -0.4 is 5.32 Å². The van der Waals surface area contributed by atoms with Crippen molar-refractivity contribution in [3.63, 3.8) is 0 Å². The first-order valence-electron chi connectivity index (χ1n) is 8.75. The fraction of sp³-hybridized carbons (Fsp3) is 0.474. The fourth-order valence-electron chi connectivity index (χ4n) is 3.28. The van der Waals surface area contributed by atoms with Crippen LogP contribution in [-0.2, 0) is 22.5 Å². The smallest absolute Gasteiger partial charge is 0.129 e. The largest absolute Gasteiger partial charge is 0.381 e. The zero-order valence-corrected chi connectivity index (χ0v) is 13.8. The number of pyridine rings is 2. The molecule has 0 saturated carbocycles. The molecule has 1 N–H and O–H groups in total. The van der Waals surface area contributed by atoms with Gasteiger partial charge in [0, 0.05) is 49.5 Å². The second-order valence-corrected chi connectivity index (χ2v) is 6.47. The molecule has 2 aliphatic heterocycles. The molecule has 5 heteroatoms. The van der Waals surface area contributed by atoms with Gasteiger partial charge in [-0.3, -0.25) is 4.98 Å². The lowest BCUT2D eigenvalue weighted by Gasteiger charge is -2.22. The van der Waals surface area contributed by atoms with E-state index in [0.717, 1.165) is 68.0 Å². The minimum absolute atomic E-state index is 0.305. The summed E-state index contributed by atoms with van der Waals surface area (Å²) in [6.45, 7) is 3.22. The number of hydrogen-bond donors (Lipinski definition) is 1. The maximum Gasteiger partial charge on any atom is 0.129 e. The van der Waals surface area contributed by atoms with Crippen LogP contribution >= 0.6 is 0 Å². The molecule has 0 spiro atoms. The Bertz CT molecular complexity index is 699. The number of ether oxygens (including phenoxy) is 2. The number of nitrogens with one attached hydrogen (secondary N) is 1. The van der Waals surface area contributed by atoms with Gasteiger partial charge in [-0.15, -0.1) is 0 Å². The van der Waals surface area contributed by atoms with Crippen LogP contribution in [0.2, 0.25) is 0 Å². The molecule has 0 radical (unpaired) electrons. The number of rotatable bonds is 4. The van der Waals surface area contributed by atoms with E-state index in [1.807, 2.05) is 18.6 Å². The Morgan fingerprint density at radius 1 is 1.12 bits per heavy atom. The third-order valence-electron chi connectivity index (χ3n) is 4.66. The van der Waals surface area contributed by atoms with Gasteiger partial charge in [-0.2, -0.15) is 0 Å². The van der Waals surface area contributed by atoms with Crippen molar-refractivity contribution in [3.8, 4) is 11.1 Å². The van der Waals surface area contributed by atoms with Gasteiger partial charge >= 0.3 is 0 Å². The summed E-state index contributed by atoms with van der Waals surface area (Å²) in [5, 5.41) is 3.35. The van der Waals surface area contributed by atoms with Crippen LogP contribution in [0.25, 0.3) is 11.1 Å². The average molecular weight is 325 g/mol. The van der Waals surface area contributed by atoms with E-state index >= 15 is 0 Å². The van der Waals surface area contributed by atoms with Gasteiger partial charge in [0.2, 0.25) is 0 Å². The van der Waals surface area contributed by atoms with Crippen molar-refractivity contribution < 1.29 is 9.47 Å². The number of fused-ring (bicyclic) bond motifs is 1. The van der Waals surface area contributed by atoms with Crippen molar-refractivity contribution in [1.82, 2.24) is 9.97 Å². The summed E-state index contributed by atoms with van der Waals surface area (Å²) in [6.07, 6.45) is 10.2. The molecule has 126 valence electrons. The molecule has 1 fully saturated rings. The number of nitrogens with zero attached hydrogens (tertiary/aromatic N) is 2. The van der Waals surface area contributed by atoms with Crippen LogP contribution in [0.5, 0.6) is 0 Å². The van der Waals surface area contributed by atoms with E-state index in [-0.39, 0.29) is 0 Å². The highest BCUT2D eigenvalue weighted by atomic mass is 16.5. The van der Waals surface area contributed by atoms with Gasteiger partial charge < -0.3 is 14.8 Å². The molecular weight excluding hydrogens is 302 g/mol. The molecule has 0 aliphatic carbocycles. The molecule has 0 atom stereocenters. The van der Waals surface area contributed by atoms with Crippen LogP contribution in [0.1, 0.15) is 30.4 Å². The topological polar surface area (TPSA) is 56.3 Å². The van der Waals surface area contributed by atoms with E-state index < -0.39 is 0 Å².